The average Bonchev–Trinajstić information content (AvgIpc) is 2.91. The number of amides is 1. The number of aromatic nitrogens is 4. The van der Waals surface area contributed by atoms with E-state index in [0.717, 1.165) is 55.2 Å². The van der Waals surface area contributed by atoms with Gasteiger partial charge in [-0.3, -0.25) is 9.69 Å². The van der Waals surface area contributed by atoms with Crippen LogP contribution < -0.4 is 10.6 Å². The third-order valence-corrected chi connectivity index (χ3v) is 7.01. The highest BCUT2D eigenvalue weighted by atomic mass is 16.2. The fourth-order valence-corrected chi connectivity index (χ4v) is 4.45. The zero-order valence-corrected chi connectivity index (χ0v) is 22.5. The van der Waals surface area contributed by atoms with Crippen LogP contribution in [0, 0.1) is 13.8 Å². The van der Waals surface area contributed by atoms with Gasteiger partial charge < -0.3 is 15.5 Å². The second-order valence-electron chi connectivity index (χ2n) is 10.0. The molecule has 0 bridgehead atoms. The normalized spacial score (nSPS) is 15.0. The molecule has 37 heavy (non-hydrogen) atoms. The molecule has 0 saturated carbocycles. The van der Waals surface area contributed by atoms with Gasteiger partial charge >= 0.3 is 0 Å². The van der Waals surface area contributed by atoms with Gasteiger partial charge in [-0.1, -0.05) is 30.3 Å². The number of rotatable bonds is 9. The summed E-state index contributed by atoms with van der Waals surface area (Å²) in [6.45, 7) is 14.4. The number of hydrogen-bond acceptors (Lipinski definition) is 8. The van der Waals surface area contributed by atoms with Crippen molar-refractivity contribution < 1.29 is 4.79 Å². The predicted molar refractivity (Wildman–Crippen MR) is 147 cm³/mol. The van der Waals surface area contributed by atoms with Crippen molar-refractivity contribution in [3.8, 4) is 0 Å². The molecule has 9 nitrogen and oxygen atoms in total. The predicted octanol–water partition coefficient (Wildman–Crippen LogP) is 3.55. The van der Waals surface area contributed by atoms with Crippen molar-refractivity contribution in [1.82, 2.24) is 30.0 Å². The van der Waals surface area contributed by atoms with Crippen LogP contribution in [0.25, 0.3) is 0 Å². The van der Waals surface area contributed by atoms with Crippen LogP contribution in [0.2, 0.25) is 0 Å². The molecule has 196 valence electrons. The van der Waals surface area contributed by atoms with Crippen molar-refractivity contribution >= 4 is 17.5 Å². The molecular formula is C28H38N8O. The van der Waals surface area contributed by atoms with Crippen LogP contribution in [0.3, 0.4) is 0 Å². The van der Waals surface area contributed by atoms with Crippen molar-refractivity contribution in [3.63, 3.8) is 0 Å². The Bertz CT molecular complexity index is 1170. The topological polar surface area (TPSA) is 99.2 Å². The Hall–Kier alpha value is -3.59. The number of benzene rings is 1. The van der Waals surface area contributed by atoms with Gasteiger partial charge in [0, 0.05) is 51.2 Å². The third kappa shape index (κ3) is 6.80. The number of nitrogens with one attached hydrogen (secondary N) is 2. The standard InChI is InChI=1S/C28H38N8O/c1-19(2)35-11-13-36(14-12-35)28(37)25-17-30-26(18-29-25)32-20(3)16-31-27-22(5)21(4)24(33-34-27)15-23-9-7-6-8-10-23/h6-10,17-20H,11-16H2,1-5H3,(H,30,32)(H,31,34)/t20-/m1/s1. The second kappa shape index (κ2) is 12.1. The van der Waals surface area contributed by atoms with Gasteiger partial charge in [0.15, 0.2) is 5.82 Å². The van der Waals surface area contributed by atoms with E-state index in [9.17, 15) is 4.79 Å². The maximum absolute atomic E-state index is 12.8. The molecule has 0 spiro atoms. The van der Waals surface area contributed by atoms with E-state index in [1.54, 1.807) is 12.4 Å². The molecule has 0 radical (unpaired) electrons. The van der Waals surface area contributed by atoms with E-state index >= 15 is 0 Å². The Morgan fingerprint density at radius 2 is 1.68 bits per heavy atom. The zero-order valence-electron chi connectivity index (χ0n) is 22.5. The first-order valence-corrected chi connectivity index (χ1v) is 13.0. The smallest absolute Gasteiger partial charge is 0.274 e. The molecule has 1 aliphatic heterocycles. The van der Waals surface area contributed by atoms with Gasteiger partial charge in [0.1, 0.15) is 11.5 Å². The summed E-state index contributed by atoms with van der Waals surface area (Å²) in [4.78, 5) is 25.9. The van der Waals surface area contributed by atoms with Crippen LogP contribution >= 0.6 is 0 Å². The molecular weight excluding hydrogens is 464 g/mol. The van der Waals surface area contributed by atoms with Crippen LogP contribution in [0.1, 0.15) is 53.6 Å². The largest absolute Gasteiger partial charge is 0.366 e. The molecule has 1 amide bonds. The molecule has 1 saturated heterocycles. The fourth-order valence-electron chi connectivity index (χ4n) is 4.45. The first kappa shape index (κ1) is 26.5. The van der Waals surface area contributed by atoms with Gasteiger partial charge in [0.05, 0.1) is 18.1 Å². The number of carbonyl (C=O) groups is 1. The number of carbonyl (C=O) groups excluding carboxylic acids is 1. The minimum Gasteiger partial charge on any atom is -0.366 e. The van der Waals surface area contributed by atoms with E-state index in [1.165, 1.54) is 5.56 Å². The first-order valence-electron chi connectivity index (χ1n) is 13.0. The van der Waals surface area contributed by atoms with Gasteiger partial charge in [0.2, 0.25) is 0 Å². The Morgan fingerprint density at radius 3 is 2.32 bits per heavy atom. The van der Waals surface area contributed by atoms with Crippen molar-refractivity contribution in [3.05, 3.63) is 70.8 Å². The zero-order chi connectivity index (χ0) is 26.4. The molecule has 2 N–H and O–H groups in total. The van der Waals surface area contributed by atoms with Gasteiger partial charge in [-0.25, -0.2) is 9.97 Å². The summed E-state index contributed by atoms with van der Waals surface area (Å²) in [6, 6.07) is 10.9. The molecule has 1 fully saturated rings. The van der Waals surface area contributed by atoms with Gasteiger partial charge in [0.25, 0.3) is 5.91 Å². The number of nitrogens with zero attached hydrogens (tertiary/aromatic N) is 6. The van der Waals surface area contributed by atoms with Crippen LogP contribution in [0.5, 0.6) is 0 Å². The number of hydrogen-bond donors (Lipinski definition) is 2. The van der Waals surface area contributed by atoms with Crippen LogP contribution in [-0.2, 0) is 6.42 Å². The maximum atomic E-state index is 12.8. The first-order chi connectivity index (χ1) is 17.8. The summed E-state index contributed by atoms with van der Waals surface area (Å²) in [5.74, 6) is 1.36. The van der Waals surface area contributed by atoms with Gasteiger partial charge in [-0.05, 0) is 51.3 Å². The van der Waals surface area contributed by atoms with Crippen molar-refractivity contribution in [2.75, 3.05) is 43.4 Å². The second-order valence-corrected chi connectivity index (χ2v) is 10.0. The summed E-state index contributed by atoms with van der Waals surface area (Å²) < 4.78 is 0. The summed E-state index contributed by atoms with van der Waals surface area (Å²) >= 11 is 0. The number of piperazine rings is 1. The van der Waals surface area contributed by atoms with E-state index in [1.807, 2.05) is 23.1 Å². The van der Waals surface area contributed by atoms with E-state index < -0.39 is 0 Å². The molecule has 3 heterocycles. The minimum atomic E-state index is -0.0581. The van der Waals surface area contributed by atoms with E-state index in [2.05, 4.69) is 82.5 Å². The Kier molecular flexibility index (Phi) is 8.66. The van der Waals surface area contributed by atoms with Crippen molar-refractivity contribution in [2.24, 2.45) is 0 Å². The lowest BCUT2D eigenvalue weighted by Crippen LogP contribution is -2.50. The molecule has 4 rings (SSSR count). The summed E-state index contributed by atoms with van der Waals surface area (Å²) in [5.41, 5.74) is 4.85. The minimum absolute atomic E-state index is 0.0581. The summed E-state index contributed by atoms with van der Waals surface area (Å²) in [6.07, 6.45) is 3.95. The molecule has 0 aliphatic carbocycles. The molecule has 0 unspecified atom stereocenters. The Morgan fingerprint density at radius 1 is 0.946 bits per heavy atom. The van der Waals surface area contributed by atoms with E-state index in [-0.39, 0.29) is 11.9 Å². The summed E-state index contributed by atoms with van der Waals surface area (Å²) in [5, 5.41) is 15.7. The molecule has 9 heteroatoms. The SMILES string of the molecule is Cc1c(Cc2ccccc2)nnc(NC[C@@H](C)Nc2cnc(C(=O)N3CCN(C(C)C)CC3)cn2)c1C. The quantitative estimate of drug-likeness (QED) is 0.458. The lowest BCUT2D eigenvalue weighted by Gasteiger charge is -2.36. The molecule has 1 aliphatic rings. The van der Waals surface area contributed by atoms with Gasteiger partial charge in [-0.2, -0.15) is 5.10 Å². The Labute approximate surface area is 219 Å². The van der Waals surface area contributed by atoms with Crippen molar-refractivity contribution in [1.29, 1.82) is 0 Å². The van der Waals surface area contributed by atoms with Crippen molar-refractivity contribution in [2.45, 2.75) is 53.1 Å². The van der Waals surface area contributed by atoms with Gasteiger partial charge in [-0.15, -0.1) is 5.10 Å². The van der Waals surface area contributed by atoms with Crippen LogP contribution in [0.4, 0.5) is 11.6 Å². The highest BCUT2D eigenvalue weighted by Crippen LogP contribution is 2.20. The van der Waals surface area contributed by atoms with E-state index in [0.29, 0.717) is 24.1 Å². The lowest BCUT2D eigenvalue weighted by atomic mass is 10.0. The lowest BCUT2D eigenvalue weighted by molar-refractivity contribution is 0.0589. The molecule has 2 aromatic heterocycles. The summed E-state index contributed by atoms with van der Waals surface area (Å²) in [7, 11) is 0. The monoisotopic (exact) mass is 502 g/mol. The van der Waals surface area contributed by atoms with E-state index in [4.69, 9.17) is 0 Å². The number of anilines is 2. The van der Waals surface area contributed by atoms with Crippen LogP contribution in [-0.4, -0.2) is 80.7 Å². The average molecular weight is 503 g/mol. The molecule has 1 aromatic carbocycles. The maximum Gasteiger partial charge on any atom is 0.274 e. The highest BCUT2D eigenvalue weighted by Gasteiger charge is 2.24. The Balaban J connectivity index is 1.28. The van der Waals surface area contributed by atoms with Crippen LogP contribution in [0.15, 0.2) is 42.7 Å². The highest BCUT2D eigenvalue weighted by molar-refractivity contribution is 5.92. The molecule has 1 atom stereocenters. The fraction of sp³-hybridized carbons (Fsp3) is 0.464. The third-order valence-electron chi connectivity index (χ3n) is 7.01. The molecule has 3 aromatic rings.